The van der Waals surface area contributed by atoms with Gasteiger partial charge in [0.2, 0.25) is 5.91 Å². The molecular weight excluding hydrogens is 359 g/mol. The van der Waals surface area contributed by atoms with Gasteiger partial charge in [0.15, 0.2) is 21.5 Å². The van der Waals surface area contributed by atoms with Gasteiger partial charge in [-0.1, -0.05) is 12.1 Å². The zero-order chi connectivity index (χ0) is 18.7. The summed E-state index contributed by atoms with van der Waals surface area (Å²) < 4.78 is 42.6. The molecule has 0 N–H and O–H groups in total. The summed E-state index contributed by atoms with van der Waals surface area (Å²) in [7, 11) is -3.04. The minimum atomic E-state index is -3.04. The second-order valence-corrected chi connectivity index (χ2v) is 8.56. The normalized spacial score (nSPS) is 18.8. The lowest BCUT2D eigenvalue weighted by molar-refractivity contribution is -0.132. The Morgan fingerprint density at radius 2 is 2.15 bits per heavy atom. The highest BCUT2D eigenvalue weighted by Gasteiger charge is 2.33. The van der Waals surface area contributed by atoms with Crippen molar-refractivity contribution in [2.75, 3.05) is 18.1 Å². The van der Waals surface area contributed by atoms with Gasteiger partial charge in [-0.3, -0.25) is 4.79 Å². The van der Waals surface area contributed by atoms with Gasteiger partial charge in [0, 0.05) is 25.4 Å². The lowest BCUT2D eigenvalue weighted by Gasteiger charge is -2.26. The fourth-order valence-electron chi connectivity index (χ4n) is 3.23. The number of aryl methyl sites for hydroxylation is 1. The molecule has 1 unspecified atom stereocenters. The van der Waals surface area contributed by atoms with Crippen molar-refractivity contribution in [1.29, 1.82) is 0 Å². The topological polar surface area (TPSA) is 80.5 Å². The van der Waals surface area contributed by atoms with Crippen LogP contribution in [0.3, 0.4) is 0 Å². The summed E-state index contributed by atoms with van der Waals surface area (Å²) in [6, 6.07) is 5.99. The Bertz CT molecular complexity index is 894. The third-order valence-electron chi connectivity index (χ3n) is 4.56. The molecule has 8 heteroatoms. The van der Waals surface area contributed by atoms with Crippen LogP contribution in [-0.2, 0) is 21.1 Å². The zero-order valence-corrected chi connectivity index (χ0v) is 15.3. The van der Waals surface area contributed by atoms with E-state index < -0.39 is 15.7 Å². The largest absolute Gasteiger partial charge is 0.441 e. The predicted octanol–water partition coefficient (Wildman–Crippen LogP) is 2.45. The summed E-state index contributed by atoms with van der Waals surface area (Å²) in [6.45, 7) is 2.30. The molecule has 26 heavy (non-hydrogen) atoms. The number of hydrogen-bond donors (Lipinski definition) is 0. The fourth-order valence-corrected chi connectivity index (χ4v) is 4.96. The average Bonchev–Trinajstić information content (AvgIpc) is 3.21. The van der Waals surface area contributed by atoms with E-state index in [2.05, 4.69) is 4.98 Å². The standard InChI is InChI=1S/C18H21FN2O4S/c1-2-21(13-9-10-26(23,24)12-13)18(22)8-7-17-20-11-16(25-17)14-5-3-4-6-15(14)19/h3-6,11,13H,2,7-10,12H2,1H3. The van der Waals surface area contributed by atoms with Crippen LogP contribution in [0.5, 0.6) is 0 Å². The predicted molar refractivity (Wildman–Crippen MR) is 94.7 cm³/mol. The highest BCUT2D eigenvalue weighted by Crippen LogP contribution is 2.24. The van der Waals surface area contributed by atoms with Gasteiger partial charge in [-0.15, -0.1) is 0 Å². The Morgan fingerprint density at radius 3 is 2.81 bits per heavy atom. The first-order valence-corrected chi connectivity index (χ1v) is 10.4. The summed E-state index contributed by atoms with van der Waals surface area (Å²) in [5.41, 5.74) is 0.323. The Balaban J connectivity index is 1.62. The maximum Gasteiger partial charge on any atom is 0.223 e. The van der Waals surface area contributed by atoms with Crippen molar-refractivity contribution in [3.63, 3.8) is 0 Å². The van der Waals surface area contributed by atoms with E-state index in [0.717, 1.165) is 0 Å². The van der Waals surface area contributed by atoms with E-state index >= 15 is 0 Å². The summed E-state index contributed by atoms with van der Waals surface area (Å²) in [4.78, 5) is 18.2. The number of hydrogen-bond acceptors (Lipinski definition) is 5. The van der Waals surface area contributed by atoms with Gasteiger partial charge in [-0.05, 0) is 25.5 Å². The van der Waals surface area contributed by atoms with Crippen molar-refractivity contribution >= 4 is 15.7 Å². The highest BCUT2D eigenvalue weighted by atomic mass is 32.2. The number of carbonyl (C=O) groups excluding carboxylic acids is 1. The molecule has 0 bridgehead atoms. The summed E-state index contributed by atoms with van der Waals surface area (Å²) >= 11 is 0. The number of oxazole rings is 1. The van der Waals surface area contributed by atoms with Gasteiger partial charge >= 0.3 is 0 Å². The summed E-state index contributed by atoms with van der Waals surface area (Å²) in [6.07, 6.45) is 2.38. The molecule has 0 spiro atoms. The third-order valence-corrected chi connectivity index (χ3v) is 6.31. The molecule has 1 amide bonds. The van der Waals surface area contributed by atoms with Crippen molar-refractivity contribution < 1.29 is 22.0 Å². The van der Waals surface area contributed by atoms with Crippen LogP contribution in [0.15, 0.2) is 34.9 Å². The molecule has 1 aromatic heterocycles. The fraction of sp³-hybridized carbons (Fsp3) is 0.444. The Kier molecular flexibility index (Phi) is 5.41. The first-order chi connectivity index (χ1) is 12.4. The lowest BCUT2D eigenvalue weighted by atomic mass is 10.2. The van der Waals surface area contributed by atoms with Gasteiger partial charge in [-0.25, -0.2) is 17.8 Å². The monoisotopic (exact) mass is 380 g/mol. The Labute approximate surface area is 151 Å². The molecule has 140 valence electrons. The number of nitrogens with zero attached hydrogens (tertiary/aromatic N) is 2. The van der Waals surface area contributed by atoms with Crippen molar-refractivity contribution in [3.05, 3.63) is 42.2 Å². The molecule has 0 radical (unpaired) electrons. The number of carbonyl (C=O) groups is 1. The van der Waals surface area contributed by atoms with Crippen molar-refractivity contribution in [2.45, 2.75) is 32.2 Å². The molecule has 3 rings (SSSR count). The SMILES string of the molecule is CCN(C(=O)CCc1ncc(-c2ccccc2F)o1)C1CCS(=O)(=O)C1. The van der Waals surface area contributed by atoms with Crippen LogP contribution in [0.25, 0.3) is 11.3 Å². The molecule has 2 heterocycles. The number of halogens is 1. The van der Waals surface area contributed by atoms with Crippen LogP contribution < -0.4 is 0 Å². The van der Waals surface area contributed by atoms with Crippen molar-refractivity contribution in [3.8, 4) is 11.3 Å². The molecule has 1 fully saturated rings. The minimum absolute atomic E-state index is 0.0308. The summed E-state index contributed by atoms with van der Waals surface area (Å²) in [5.74, 6) is 0.313. The molecule has 1 saturated heterocycles. The van der Waals surface area contributed by atoms with Crippen LogP contribution >= 0.6 is 0 Å². The third kappa shape index (κ3) is 4.12. The molecular formula is C18H21FN2O4S. The molecule has 2 aromatic rings. The van der Waals surface area contributed by atoms with Crippen LogP contribution in [0.4, 0.5) is 4.39 Å². The van der Waals surface area contributed by atoms with E-state index in [4.69, 9.17) is 4.42 Å². The zero-order valence-electron chi connectivity index (χ0n) is 14.5. The Hall–Kier alpha value is -2.22. The molecule has 0 saturated carbocycles. The van der Waals surface area contributed by atoms with Gasteiger partial charge in [0.1, 0.15) is 5.82 Å². The maximum atomic E-state index is 13.8. The average molecular weight is 380 g/mol. The van der Waals surface area contributed by atoms with Crippen LogP contribution in [0.2, 0.25) is 0 Å². The van der Waals surface area contributed by atoms with Crippen molar-refractivity contribution in [2.24, 2.45) is 0 Å². The van der Waals surface area contributed by atoms with Crippen LogP contribution in [0.1, 0.15) is 25.7 Å². The first-order valence-electron chi connectivity index (χ1n) is 8.59. The quantitative estimate of drug-likeness (QED) is 0.769. The van der Waals surface area contributed by atoms with E-state index in [1.807, 2.05) is 6.92 Å². The van der Waals surface area contributed by atoms with Crippen LogP contribution in [0, 0.1) is 5.82 Å². The van der Waals surface area contributed by atoms with Gasteiger partial charge in [-0.2, -0.15) is 0 Å². The van der Waals surface area contributed by atoms with E-state index in [-0.39, 0.29) is 36.3 Å². The smallest absolute Gasteiger partial charge is 0.223 e. The highest BCUT2D eigenvalue weighted by molar-refractivity contribution is 7.91. The van der Waals surface area contributed by atoms with E-state index in [1.165, 1.54) is 12.3 Å². The Morgan fingerprint density at radius 1 is 1.38 bits per heavy atom. The number of amides is 1. The van der Waals surface area contributed by atoms with Gasteiger partial charge < -0.3 is 9.32 Å². The van der Waals surface area contributed by atoms with E-state index in [0.29, 0.717) is 30.2 Å². The van der Waals surface area contributed by atoms with E-state index in [1.54, 1.807) is 23.1 Å². The molecule has 0 aliphatic carbocycles. The van der Waals surface area contributed by atoms with Crippen LogP contribution in [-0.4, -0.2) is 48.3 Å². The molecule has 1 aliphatic heterocycles. The second-order valence-electron chi connectivity index (χ2n) is 6.33. The van der Waals surface area contributed by atoms with Gasteiger partial charge in [0.25, 0.3) is 0 Å². The number of benzene rings is 1. The maximum absolute atomic E-state index is 13.8. The van der Waals surface area contributed by atoms with Crippen molar-refractivity contribution in [1.82, 2.24) is 9.88 Å². The second kappa shape index (κ2) is 7.57. The molecule has 1 atom stereocenters. The number of rotatable bonds is 6. The molecule has 6 nitrogen and oxygen atoms in total. The first kappa shape index (κ1) is 18.6. The minimum Gasteiger partial charge on any atom is -0.441 e. The molecule has 1 aliphatic rings. The van der Waals surface area contributed by atoms with Gasteiger partial charge in [0.05, 0.1) is 23.3 Å². The van der Waals surface area contributed by atoms with E-state index in [9.17, 15) is 17.6 Å². The summed E-state index contributed by atoms with van der Waals surface area (Å²) in [5, 5.41) is 0. The lowest BCUT2D eigenvalue weighted by Crippen LogP contribution is -2.41. The number of sulfone groups is 1. The number of aromatic nitrogens is 1. The molecule has 1 aromatic carbocycles.